The lowest BCUT2D eigenvalue weighted by molar-refractivity contribution is -0.172. The standard InChI is InChI=1S/C21H28BrF2NO4S/c1-5-30(27,28)25-17-14(11-13-7-6-8-15(22)16(13)23)21(24,12-20(17)9-10-20)18(26)29-19(2,3)4/h6-8,14,17,25H,5,9-12H2,1-4H3/t14-,17-,21?/m0/s1. The fraction of sp³-hybridized carbons (Fsp3) is 0.667. The molecule has 0 heterocycles. The van der Waals surface area contributed by atoms with Gasteiger partial charge >= 0.3 is 5.97 Å². The molecular formula is C21H28BrF2NO4S. The normalized spacial score (nSPS) is 28.0. The lowest BCUT2D eigenvalue weighted by atomic mass is 9.84. The van der Waals surface area contributed by atoms with E-state index in [1.807, 2.05) is 0 Å². The summed E-state index contributed by atoms with van der Waals surface area (Å²) in [7, 11) is -3.66. The molecule has 5 nitrogen and oxygen atoms in total. The van der Waals surface area contributed by atoms with Gasteiger partial charge in [-0.15, -0.1) is 0 Å². The van der Waals surface area contributed by atoms with E-state index >= 15 is 4.39 Å². The molecule has 2 aliphatic rings. The van der Waals surface area contributed by atoms with Gasteiger partial charge in [0.2, 0.25) is 15.7 Å². The van der Waals surface area contributed by atoms with E-state index in [0.29, 0.717) is 12.8 Å². The highest BCUT2D eigenvalue weighted by Gasteiger charge is 2.70. The Morgan fingerprint density at radius 1 is 1.33 bits per heavy atom. The number of nitrogens with one attached hydrogen (secondary N) is 1. The lowest BCUT2D eigenvalue weighted by Crippen LogP contribution is -2.50. The predicted octanol–water partition coefficient (Wildman–Crippen LogP) is 4.29. The number of benzene rings is 1. The topological polar surface area (TPSA) is 72.5 Å². The van der Waals surface area contributed by atoms with Gasteiger partial charge in [0.1, 0.15) is 11.4 Å². The number of sulfonamides is 1. The summed E-state index contributed by atoms with van der Waals surface area (Å²) in [6.07, 6.45) is 0.956. The number of hydrogen-bond acceptors (Lipinski definition) is 4. The van der Waals surface area contributed by atoms with Crippen LogP contribution in [0.2, 0.25) is 0 Å². The number of alkyl halides is 1. The molecule has 1 spiro atoms. The van der Waals surface area contributed by atoms with Gasteiger partial charge < -0.3 is 4.74 Å². The molecule has 2 fully saturated rings. The summed E-state index contributed by atoms with van der Waals surface area (Å²) in [6.45, 7) is 6.44. The number of hydrogen-bond donors (Lipinski definition) is 1. The predicted molar refractivity (Wildman–Crippen MR) is 114 cm³/mol. The minimum absolute atomic E-state index is 0.125. The summed E-state index contributed by atoms with van der Waals surface area (Å²) < 4.78 is 64.1. The van der Waals surface area contributed by atoms with E-state index < -0.39 is 50.5 Å². The Morgan fingerprint density at radius 2 is 1.97 bits per heavy atom. The Balaban J connectivity index is 2.05. The van der Waals surface area contributed by atoms with Gasteiger partial charge in [0.15, 0.2) is 0 Å². The van der Waals surface area contributed by atoms with Crippen molar-refractivity contribution < 1.29 is 26.7 Å². The average Bonchev–Trinajstić information content (AvgIpc) is 3.35. The first-order valence-electron chi connectivity index (χ1n) is 10.1. The van der Waals surface area contributed by atoms with Crippen molar-refractivity contribution in [3.05, 3.63) is 34.1 Å². The second-order valence-corrected chi connectivity index (χ2v) is 12.3. The monoisotopic (exact) mass is 507 g/mol. The maximum atomic E-state index is 16.4. The third kappa shape index (κ3) is 4.58. The molecule has 3 rings (SSSR count). The highest BCUT2D eigenvalue weighted by molar-refractivity contribution is 9.10. The van der Waals surface area contributed by atoms with Crippen molar-refractivity contribution in [3.63, 3.8) is 0 Å². The largest absolute Gasteiger partial charge is 0.458 e. The SMILES string of the molecule is CCS(=O)(=O)N[C@H]1[C@H](Cc2cccc(Br)c2F)C(F)(C(=O)OC(C)(C)C)CC12CC2. The van der Waals surface area contributed by atoms with Crippen molar-refractivity contribution in [2.45, 2.75) is 70.7 Å². The van der Waals surface area contributed by atoms with Crippen LogP contribution >= 0.6 is 15.9 Å². The van der Waals surface area contributed by atoms with Crippen LogP contribution in [-0.4, -0.2) is 37.5 Å². The maximum absolute atomic E-state index is 16.4. The van der Waals surface area contributed by atoms with E-state index in [-0.39, 0.29) is 28.6 Å². The van der Waals surface area contributed by atoms with Crippen LogP contribution in [0.25, 0.3) is 0 Å². The number of ether oxygens (including phenoxy) is 1. The van der Waals surface area contributed by atoms with Crippen LogP contribution in [0.4, 0.5) is 8.78 Å². The summed E-state index contributed by atoms with van der Waals surface area (Å²) in [5, 5.41) is 0. The minimum Gasteiger partial charge on any atom is -0.458 e. The Labute approximate surface area is 185 Å². The van der Waals surface area contributed by atoms with Crippen LogP contribution in [0.5, 0.6) is 0 Å². The van der Waals surface area contributed by atoms with Gasteiger partial charge in [-0.05, 0) is 86.4 Å². The maximum Gasteiger partial charge on any atom is 0.344 e. The molecule has 0 aromatic heterocycles. The Kier molecular flexibility index (Phi) is 6.15. The summed E-state index contributed by atoms with van der Waals surface area (Å²) in [5.74, 6) is -2.80. The molecular weight excluding hydrogens is 480 g/mol. The molecule has 2 saturated carbocycles. The molecule has 0 saturated heterocycles. The molecule has 0 aliphatic heterocycles. The van der Waals surface area contributed by atoms with Crippen LogP contribution in [-0.2, 0) is 26.0 Å². The third-order valence-electron chi connectivity index (χ3n) is 6.05. The number of halogens is 3. The van der Waals surface area contributed by atoms with Crippen molar-refractivity contribution in [1.29, 1.82) is 0 Å². The van der Waals surface area contributed by atoms with Crippen LogP contribution in [0, 0.1) is 17.2 Å². The summed E-state index contributed by atoms with van der Waals surface area (Å²) in [6, 6.07) is 3.88. The van der Waals surface area contributed by atoms with E-state index in [1.54, 1.807) is 26.8 Å². The number of carbonyl (C=O) groups excluding carboxylic acids is 1. The quantitative estimate of drug-likeness (QED) is 0.583. The Hall–Kier alpha value is -1.06. The number of esters is 1. The zero-order valence-corrected chi connectivity index (χ0v) is 20.0. The summed E-state index contributed by atoms with van der Waals surface area (Å²) in [5.41, 5.74) is -3.75. The molecule has 1 aromatic carbocycles. The fourth-order valence-electron chi connectivity index (χ4n) is 4.39. The van der Waals surface area contributed by atoms with Gasteiger partial charge in [0.25, 0.3) is 0 Å². The molecule has 1 unspecified atom stereocenters. The van der Waals surface area contributed by atoms with E-state index in [9.17, 15) is 17.6 Å². The third-order valence-corrected chi connectivity index (χ3v) is 8.03. The van der Waals surface area contributed by atoms with Crippen LogP contribution < -0.4 is 4.72 Å². The smallest absolute Gasteiger partial charge is 0.344 e. The molecule has 1 aromatic rings. The van der Waals surface area contributed by atoms with Crippen molar-refractivity contribution >= 4 is 31.9 Å². The molecule has 168 valence electrons. The second kappa shape index (κ2) is 7.81. The van der Waals surface area contributed by atoms with Crippen molar-refractivity contribution in [2.75, 3.05) is 5.75 Å². The van der Waals surface area contributed by atoms with Crippen LogP contribution in [0.1, 0.15) is 52.5 Å². The lowest BCUT2D eigenvalue weighted by Gasteiger charge is -2.32. The molecule has 1 N–H and O–H groups in total. The molecule has 3 atom stereocenters. The zero-order chi connectivity index (χ0) is 22.5. The fourth-order valence-corrected chi connectivity index (χ4v) is 5.76. The molecule has 0 radical (unpaired) electrons. The molecule has 2 aliphatic carbocycles. The van der Waals surface area contributed by atoms with E-state index in [1.165, 1.54) is 19.1 Å². The zero-order valence-electron chi connectivity index (χ0n) is 17.6. The average molecular weight is 508 g/mol. The molecule has 0 amide bonds. The van der Waals surface area contributed by atoms with Crippen LogP contribution in [0.3, 0.4) is 0 Å². The number of rotatable bonds is 6. The van der Waals surface area contributed by atoms with Crippen LogP contribution in [0.15, 0.2) is 22.7 Å². The molecule has 30 heavy (non-hydrogen) atoms. The second-order valence-electron chi connectivity index (χ2n) is 9.43. The van der Waals surface area contributed by atoms with Crippen molar-refractivity contribution in [2.24, 2.45) is 11.3 Å². The molecule has 0 bridgehead atoms. The van der Waals surface area contributed by atoms with Gasteiger partial charge in [-0.25, -0.2) is 26.7 Å². The van der Waals surface area contributed by atoms with Gasteiger partial charge in [-0.1, -0.05) is 12.1 Å². The Morgan fingerprint density at radius 3 is 2.50 bits per heavy atom. The first-order chi connectivity index (χ1) is 13.7. The molecule has 9 heteroatoms. The Bertz CT molecular complexity index is 943. The van der Waals surface area contributed by atoms with Gasteiger partial charge in [0, 0.05) is 12.0 Å². The van der Waals surface area contributed by atoms with Gasteiger partial charge in [-0.3, -0.25) is 0 Å². The van der Waals surface area contributed by atoms with Gasteiger partial charge in [-0.2, -0.15) is 0 Å². The van der Waals surface area contributed by atoms with E-state index in [0.717, 1.165) is 0 Å². The minimum atomic E-state index is -3.66. The summed E-state index contributed by atoms with van der Waals surface area (Å²) >= 11 is 3.13. The van der Waals surface area contributed by atoms with Gasteiger partial charge in [0.05, 0.1) is 10.2 Å². The van der Waals surface area contributed by atoms with E-state index in [4.69, 9.17) is 4.74 Å². The van der Waals surface area contributed by atoms with E-state index in [2.05, 4.69) is 20.7 Å². The first-order valence-corrected chi connectivity index (χ1v) is 12.5. The summed E-state index contributed by atoms with van der Waals surface area (Å²) in [4.78, 5) is 13.0. The van der Waals surface area contributed by atoms with Crippen molar-refractivity contribution in [1.82, 2.24) is 4.72 Å². The number of carbonyl (C=O) groups is 1. The highest BCUT2D eigenvalue weighted by Crippen LogP contribution is 2.65. The first kappa shape index (κ1) is 23.6. The highest BCUT2D eigenvalue weighted by atomic mass is 79.9. The van der Waals surface area contributed by atoms with Crippen molar-refractivity contribution in [3.8, 4) is 0 Å².